The van der Waals surface area contributed by atoms with Crippen molar-refractivity contribution in [3.8, 4) is 0 Å². The summed E-state index contributed by atoms with van der Waals surface area (Å²) in [6, 6.07) is 0.371. The maximum atomic E-state index is 4.62. The summed E-state index contributed by atoms with van der Waals surface area (Å²) >= 11 is 1.97. The molecular formula is C11H18N4S. The molecule has 2 aliphatic rings. The third-order valence-corrected chi connectivity index (χ3v) is 3.44. The third kappa shape index (κ3) is 3.09. The molecule has 5 heteroatoms. The van der Waals surface area contributed by atoms with Crippen molar-refractivity contribution >= 4 is 23.9 Å². The first-order valence-corrected chi connectivity index (χ1v) is 6.88. The molecule has 4 nitrogen and oxygen atoms in total. The normalized spacial score (nSPS) is 22.4. The molecule has 16 heavy (non-hydrogen) atoms. The highest BCUT2D eigenvalue weighted by Gasteiger charge is 2.22. The number of amidine groups is 1. The molecule has 1 N–H and O–H groups in total. The van der Waals surface area contributed by atoms with Crippen molar-refractivity contribution in [2.75, 3.05) is 31.1 Å². The highest BCUT2D eigenvalue weighted by molar-refractivity contribution is 7.99. The van der Waals surface area contributed by atoms with Crippen molar-refractivity contribution < 1.29 is 0 Å². The Morgan fingerprint density at radius 1 is 1.62 bits per heavy atom. The van der Waals surface area contributed by atoms with Gasteiger partial charge in [-0.1, -0.05) is 6.92 Å². The van der Waals surface area contributed by atoms with Crippen LogP contribution in [0.1, 0.15) is 6.92 Å². The molecule has 0 aliphatic carbocycles. The number of fused-ring (bicyclic) bond motifs is 1. The van der Waals surface area contributed by atoms with Crippen LogP contribution in [0.25, 0.3) is 0 Å². The van der Waals surface area contributed by atoms with Crippen LogP contribution in [0.5, 0.6) is 0 Å². The van der Waals surface area contributed by atoms with E-state index in [1.54, 1.807) is 6.20 Å². The van der Waals surface area contributed by atoms with Gasteiger partial charge in [0.15, 0.2) is 0 Å². The number of hydrogen-bond donors (Lipinski definition) is 1. The van der Waals surface area contributed by atoms with Crippen molar-refractivity contribution in [1.29, 1.82) is 0 Å². The molecule has 2 heterocycles. The van der Waals surface area contributed by atoms with Gasteiger partial charge >= 0.3 is 0 Å². The van der Waals surface area contributed by atoms with Crippen LogP contribution < -0.4 is 5.32 Å². The average molecular weight is 238 g/mol. The van der Waals surface area contributed by atoms with E-state index in [9.17, 15) is 0 Å². The summed E-state index contributed by atoms with van der Waals surface area (Å²) in [6.07, 6.45) is 5.61. The quantitative estimate of drug-likeness (QED) is 0.701. The van der Waals surface area contributed by atoms with Gasteiger partial charge in [-0.3, -0.25) is 4.99 Å². The van der Waals surface area contributed by atoms with E-state index in [0.717, 1.165) is 25.5 Å². The first-order chi connectivity index (χ1) is 7.90. The van der Waals surface area contributed by atoms with Gasteiger partial charge in [-0.05, 0) is 11.8 Å². The summed E-state index contributed by atoms with van der Waals surface area (Å²) in [5.74, 6) is 3.43. The van der Waals surface area contributed by atoms with E-state index in [1.165, 1.54) is 11.5 Å². The van der Waals surface area contributed by atoms with Crippen LogP contribution in [0, 0.1) is 0 Å². The van der Waals surface area contributed by atoms with Gasteiger partial charge in [0.25, 0.3) is 0 Å². The molecule has 0 fully saturated rings. The summed E-state index contributed by atoms with van der Waals surface area (Å²) < 4.78 is 0. The fraction of sp³-hybridized carbons (Fsp3) is 0.636. The van der Waals surface area contributed by atoms with Gasteiger partial charge < -0.3 is 10.2 Å². The smallest absolute Gasteiger partial charge is 0.130 e. The molecule has 0 bridgehead atoms. The Labute approximate surface area is 101 Å². The van der Waals surface area contributed by atoms with E-state index in [-0.39, 0.29) is 0 Å². The second-order valence-corrected chi connectivity index (χ2v) is 5.17. The lowest BCUT2D eigenvalue weighted by Crippen LogP contribution is -2.33. The summed E-state index contributed by atoms with van der Waals surface area (Å²) in [6.45, 7) is 5.18. The summed E-state index contributed by atoms with van der Waals surface area (Å²) in [4.78, 5) is 10.8. The van der Waals surface area contributed by atoms with E-state index >= 15 is 0 Å². The SMILES string of the molecule is CCSCCNCC1CN2C=NC=CC2=N1. The zero-order valence-electron chi connectivity index (χ0n) is 9.59. The van der Waals surface area contributed by atoms with E-state index in [4.69, 9.17) is 0 Å². The average Bonchev–Trinajstić information content (AvgIpc) is 2.71. The molecule has 0 radical (unpaired) electrons. The summed E-state index contributed by atoms with van der Waals surface area (Å²) in [5, 5.41) is 3.45. The van der Waals surface area contributed by atoms with E-state index in [0.29, 0.717) is 6.04 Å². The zero-order valence-corrected chi connectivity index (χ0v) is 10.4. The van der Waals surface area contributed by atoms with Gasteiger partial charge in [0, 0.05) is 31.6 Å². The Hall–Kier alpha value is -0.810. The second kappa shape index (κ2) is 6.06. The van der Waals surface area contributed by atoms with Crippen LogP contribution in [0.3, 0.4) is 0 Å². The van der Waals surface area contributed by atoms with Crippen molar-refractivity contribution in [3.63, 3.8) is 0 Å². The first-order valence-electron chi connectivity index (χ1n) is 5.73. The number of hydrogen-bond acceptors (Lipinski definition) is 5. The topological polar surface area (TPSA) is 40.0 Å². The minimum atomic E-state index is 0.371. The molecule has 0 amide bonds. The maximum absolute atomic E-state index is 4.62. The summed E-state index contributed by atoms with van der Waals surface area (Å²) in [5.41, 5.74) is 0. The molecule has 0 saturated heterocycles. The van der Waals surface area contributed by atoms with Crippen LogP contribution in [0.2, 0.25) is 0 Å². The number of nitrogens with zero attached hydrogens (tertiary/aromatic N) is 3. The Morgan fingerprint density at radius 3 is 3.38 bits per heavy atom. The zero-order chi connectivity index (χ0) is 11.2. The molecule has 0 spiro atoms. The van der Waals surface area contributed by atoms with Crippen LogP contribution in [-0.2, 0) is 0 Å². The predicted octanol–water partition coefficient (Wildman–Crippen LogP) is 0.967. The molecule has 0 saturated carbocycles. The van der Waals surface area contributed by atoms with Gasteiger partial charge in [0.2, 0.25) is 0 Å². The van der Waals surface area contributed by atoms with Crippen molar-refractivity contribution in [3.05, 3.63) is 12.3 Å². The highest BCUT2D eigenvalue weighted by atomic mass is 32.2. The number of thioether (sulfide) groups is 1. The van der Waals surface area contributed by atoms with Crippen LogP contribution in [-0.4, -0.2) is 54.3 Å². The Bertz CT molecular complexity index is 311. The van der Waals surface area contributed by atoms with Gasteiger partial charge in [-0.25, -0.2) is 4.99 Å². The van der Waals surface area contributed by atoms with Crippen LogP contribution in [0.15, 0.2) is 22.3 Å². The second-order valence-electron chi connectivity index (χ2n) is 3.77. The predicted molar refractivity (Wildman–Crippen MR) is 71.4 cm³/mol. The van der Waals surface area contributed by atoms with E-state index in [2.05, 4.69) is 27.1 Å². The third-order valence-electron chi connectivity index (χ3n) is 2.54. The van der Waals surface area contributed by atoms with E-state index < -0.39 is 0 Å². The molecule has 88 valence electrons. The summed E-state index contributed by atoms with van der Waals surface area (Å²) in [7, 11) is 0. The maximum Gasteiger partial charge on any atom is 0.130 e. The lowest BCUT2D eigenvalue weighted by atomic mass is 10.3. The number of aliphatic imine (C=N–C) groups is 2. The van der Waals surface area contributed by atoms with Gasteiger partial charge in [0.1, 0.15) is 5.84 Å². The fourth-order valence-electron chi connectivity index (χ4n) is 1.76. The van der Waals surface area contributed by atoms with Crippen molar-refractivity contribution in [1.82, 2.24) is 10.2 Å². The van der Waals surface area contributed by atoms with Crippen LogP contribution >= 0.6 is 11.8 Å². The Kier molecular flexibility index (Phi) is 4.42. The van der Waals surface area contributed by atoms with Crippen molar-refractivity contribution in [2.24, 2.45) is 9.98 Å². The monoisotopic (exact) mass is 238 g/mol. The Morgan fingerprint density at radius 2 is 2.56 bits per heavy atom. The number of nitrogens with one attached hydrogen (secondary N) is 1. The van der Waals surface area contributed by atoms with Gasteiger partial charge in [0.05, 0.1) is 12.4 Å². The molecule has 2 aliphatic heterocycles. The fourth-order valence-corrected chi connectivity index (χ4v) is 2.34. The van der Waals surface area contributed by atoms with E-state index in [1.807, 2.05) is 24.2 Å². The largest absolute Gasteiger partial charge is 0.315 e. The van der Waals surface area contributed by atoms with Crippen LogP contribution in [0.4, 0.5) is 0 Å². The molecule has 0 aromatic carbocycles. The minimum Gasteiger partial charge on any atom is -0.315 e. The minimum absolute atomic E-state index is 0.371. The Balaban J connectivity index is 1.67. The standard InChI is InChI=1S/C11H18N4S/c1-2-16-6-5-12-7-10-8-15-9-13-4-3-11(15)14-10/h3-4,9-10,12H,2,5-8H2,1H3. The lowest BCUT2D eigenvalue weighted by Gasteiger charge is -2.14. The number of rotatable bonds is 6. The van der Waals surface area contributed by atoms with Gasteiger partial charge in [-0.15, -0.1) is 0 Å². The molecule has 1 atom stereocenters. The molecule has 2 rings (SSSR count). The lowest BCUT2D eigenvalue weighted by molar-refractivity contribution is 0.544. The molecule has 0 aromatic heterocycles. The highest BCUT2D eigenvalue weighted by Crippen LogP contribution is 2.10. The van der Waals surface area contributed by atoms with Crippen molar-refractivity contribution in [2.45, 2.75) is 13.0 Å². The van der Waals surface area contributed by atoms with Gasteiger partial charge in [-0.2, -0.15) is 11.8 Å². The molecule has 0 aromatic rings. The molecular weight excluding hydrogens is 220 g/mol. The first kappa shape index (κ1) is 11.7. The molecule has 1 unspecified atom stereocenters.